The van der Waals surface area contributed by atoms with Crippen LogP contribution < -0.4 is 5.73 Å². The molecule has 0 radical (unpaired) electrons. The lowest BCUT2D eigenvalue weighted by molar-refractivity contribution is 0.256. The van der Waals surface area contributed by atoms with Gasteiger partial charge >= 0.3 is 0 Å². The molecule has 0 unspecified atom stereocenters. The predicted octanol–water partition coefficient (Wildman–Crippen LogP) is 2.22. The maximum Gasteiger partial charge on any atom is 0.246 e. The van der Waals surface area contributed by atoms with Gasteiger partial charge in [-0.1, -0.05) is 6.92 Å². The lowest BCUT2D eigenvalue weighted by atomic mass is 10.0. The number of hydrogen-bond donors (Lipinski definition) is 1. The molecular weight excluding hydrogens is 255 g/mol. The quantitative estimate of drug-likeness (QED) is 0.856. The summed E-state index contributed by atoms with van der Waals surface area (Å²) in [5.74, 6) is -0.789. The highest BCUT2D eigenvalue weighted by Gasteiger charge is 2.34. The Morgan fingerprint density at radius 2 is 1.94 bits per heavy atom. The number of nitrogen functional groups attached to an aromatic ring is 1. The molecule has 0 saturated heterocycles. The number of benzene rings is 1. The van der Waals surface area contributed by atoms with Crippen LogP contribution in [0.25, 0.3) is 0 Å². The van der Waals surface area contributed by atoms with Crippen LogP contribution in [-0.4, -0.2) is 25.3 Å². The fourth-order valence-corrected chi connectivity index (χ4v) is 3.09. The van der Waals surface area contributed by atoms with Gasteiger partial charge in [0.1, 0.15) is 10.7 Å². The van der Waals surface area contributed by atoms with E-state index >= 15 is 0 Å². The monoisotopic (exact) mass is 274 g/mol. The van der Waals surface area contributed by atoms with Gasteiger partial charge < -0.3 is 5.73 Å². The largest absolute Gasteiger partial charge is 0.399 e. The van der Waals surface area contributed by atoms with Gasteiger partial charge in [0.25, 0.3) is 0 Å². The Morgan fingerprint density at radius 1 is 1.39 bits per heavy atom. The van der Waals surface area contributed by atoms with Gasteiger partial charge in [-0.05, 0) is 38.5 Å². The minimum Gasteiger partial charge on any atom is -0.399 e. The van der Waals surface area contributed by atoms with E-state index < -0.39 is 21.4 Å². The fourth-order valence-electron chi connectivity index (χ4n) is 1.41. The normalized spacial score (nSPS) is 13.0. The van der Waals surface area contributed by atoms with Gasteiger partial charge in [0.05, 0.1) is 0 Å². The van der Waals surface area contributed by atoms with Crippen molar-refractivity contribution < 1.29 is 12.8 Å². The molecule has 0 spiro atoms. The molecule has 0 aliphatic carbocycles. The summed E-state index contributed by atoms with van der Waals surface area (Å²) in [4.78, 5) is -0.383. The number of anilines is 1. The summed E-state index contributed by atoms with van der Waals surface area (Å²) < 4.78 is 39.5. The summed E-state index contributed by atoms with van der Waals surface area (Å²) >= 11 is 0. The molecule has 0 aliphatic heterocycles. The van der Waals surface area contributed by atoms with E-state index in [2.05, 4.69) is 0 Å². The zero-order valence-corrected chi connectivity index (χ0v) is 11.9. The summed E-state index contributed by atoms with van der Waals surface area (Å²) in [6.45, 7) is 5.45. The molecule has 1 aromatic carbocycles. The molecule has 0 bridgehead atoms. The number of nitrogens with two attached hydrogens (primary N) is 1. The maximum absolute atomic E-state index is 13.7. The topological polar surface area (TPSA) is 63.4 Å². The Labute approximate surface area is 108 Å². The summed E-state index contributed by atoms with van der Waals surface area (Å²) in [5.41, 5.74) is 5.15. The molecular formula is C12H19FN2O2S. The van der Waals surface area contributed by atoms with E-state index in [9.17, 15) is 12.8 Å². The molecule has 1 aromatic rings. The zero-order chi connectivity index (χ0) is 14.1. The van der Waals surface area contributed by atoms with E-state index in [1.807, 2.05) is 6.92 Å². The minimum absolute atomic E-state index is 0.220. The van der Waals surface area contributed by atoms with Crippen LogP contribution in [0.5, 0.6) is 0 Å². The number of rotatable bonds is 4. The van der Waals surface area contributed by atoms with E-state index in [4.69, 9.17) is 5.73 Å². The van der Waals surface area contributed by atoms with Gasteiger partial charge in [0.2, 0.25) is 10.0 Å². The van der Waals surface area contributed by atoms with Crippen molar-refractivity contribution >= 4 is 15.7 Å². The molecule has 2 N–H and O–H groups in total. The molecule has 0 amide bonds. The third-order valence-electron chi connectivity index (χ3n) is 3.31. The standard InChI is InChI=1S/C12H19FN2O2S/c1-5-12(2,3)15(4)18(16,17)11-8-9(14)6-7-10(11)13/h6-8H,5,14H2,1-4H3. The van der Waals surface area contributed by atoms with Gasteiger partial charge in [0.15, 0.2) is 0 Å². The Hall–Kier alpha value is -1.14. The van der Waals surface area contributed by atoms with Crippen LogP contribution in [0.4, 0.5) is 10.1 Å². The van der Waals surface area contributed by atoms with Crippen molar-refractivity contribution in [1.82, 2.24) is 4.31 Å². The zero-order valence-electron chi connectivity index (χ0n) is 11.1. The fraction of sp³-hybridized carbons (Fsp3) is 0.500. The molecule has 4 nitrogen and oxygen atoms in total. The van der Waals surface area contributed by atoms with Crippen molar-refractivity contribution in [3.05, 3.63) is 24.0 Å². The molecule has 1 rings (SSSR count). The summed E-state index contributed by atoms with van der Waals surface area (Å²) in [6, 6.07) is 3.54. The van der Waals surface area contributed by atoms with Crippen LogP contribution in [0.1, 0.15) is 27.2 Å². The highest BCUT2D eigenvalue weighted by atomic mass is 32.2. The van der Waals surface area contributed by atoms with Crippen LogP contribution in [0.15, 0.2) is 23.1 Å². The first-order valence-corrected chi connectivity index (χ1v) is 7.11. The first kappa shape index (κ1) is 14.9. The van der Waals surface area contributed by atoms with Crippen LogP contribution in [0, 0.1) is 5.82 Å². The van der Waals surface area contributed by atoms with Crippen molar-refractivity contribution in [2.24, 2.45) is 0 Å². The third-order valence-corrected chi connectivity index (χ3v) is 5.40. The Balaban J connectivity index is 3.34. The maximum atomic E-state index is 13.7. The van der Waals surface area contributed by atoms with Crippen molar-refractivity contribution in [3.8, 4) is 0 Å². The first-order chi connectivity index (χ1) is 8.13. The second-order valence-corrected chi connectivity index (χ2v) is 6.77. The predicted molar refractivity (Wildman–Crippen MR) is 70.1 cm³/mol. The second-order valence-electron chi connectivity index (χ2n) is 4.83. The third kappa shape index (κ3) is 2.64. The Kier molecular flexibility index (Phi) is 4.02. The second kappa shape index (κ2) is 4.85. The lowest BCUT2D eigenvalue weighted by Crippen LogP contribution is -2.44. The molecule has 0 aliphatic rings. The highest BCUT2D eigenvalue weighted by molar-refractivity contribution is 7.89. The van der Waals surface area contributed by atoms with Gasteiger partial charge in [-0.2, -0.15) is 4.31 Å². The average Bonchev–Trinajstić information content (AvgIpc) is 2.31. The molecule has 0 fully saturated rings. The van der Waals surface area contributed by atoms with E-state index in [1.54, 1.807) is 13.8 Å². The number of hydrogen-bond acceptors (Lipinski definition) is 3. The Morgan fingerprint density at radius 3 is 2.44 bits per heavy atom. The van der Waals surface area contributed by atoms with Crippen molar-refractivity contribution in [1.29, 1.82) is 0 Å². The molecule has 0 aromatic heterocycles. The lowest BCUT2D eigenvalue weighted by Gasteiger charge is -2.33. The average molecular weight is 274 g/mol. The smallest absolute Gasteiger partial charge is 0.246 e. The number of sulfonamides is 1. The summed E-state index contributed by atoms with van der Waals surface area (Å²) in [7, 11) is -2.44. The molecule has 0 atom stereocenters. The molecule has 102 valence electrons. The highest BCUT2D eigenvalue weighted by Crippen LogP contribution is 2.27. The summed E-state index contributed by atoms with van der Waals surface area (Å²) in [5, 5.41) is 0. The minimum atomic E-state index is -3.88. The van der Waals surface area contributed by atoms with E-state index in [0.29, 0.717) is 6.42 Å². The first-order valence-electron chi connectivity index (χ1n) is 5.67. The SMILES string of the molecule is CCC(C)(C)N(C)S(=O)(=O)c1cc(N)ccc1F. The van der Waals surface area contributed by atoms with Crippen LogP contribution in [0.3, 0.4) is 0 Å². The van der Waals surface area contributed by atoms with Crippen molar-refractivity contribution in [2.45, 2.75) is 37.6 Å². The number of halogens is 1. The van der Waals surface area contributed by atoms with E-state index in [1.165, 1.54) is 17.4 Å². The van der Waals surface area contributed by atoms with E-state index in [0.717, 1.165) is 12.1 Å². The van der Waals surface area contributed by atoms with E-state index in [-0.39, 0.29) is 10.6 Å². The van der Waals surface area contributed by atoms with Crippen molar-refractivity contribution in [3.63, 3.8) is 0 Å². The van der Waals surface area contributed by atoms with Gasteiger partial charge in [0, 0.05) is 18.3 Å². The summed E-state index contributed by atoms with van der Waals surface area (Å²) in [6.07, 6.45) is 0.618. The van der Waals surface area contributed by atoms with Gasteiger partial charge in [-0.15, -0.1) is 0 Å². The van der Waals surface area contributed by atoms with Crippen LogP contribution >= 0.6 is 0 Å². The van der Waals surface area contributed by atoms with Crippen LogP contribution in [0.2, 0.25) is 0 Å². The molecule has 0 heterocycles. The molecule has 18 heavy (non-hydrogen) atoms. The van der Waals surface area contributed by atoms with Gasteiger partial charge in [-0.3, -0.25) is 0 Å². The van der Waals surface area contributed by atoms with Crippen molar-refractivity contribution in [2.75, 3.05) is 12.8 Å². The number of nitrogens with zero attached hydrogens (tertiary/aromatic N) is 1. The molecule has 6 heteroatoms. The Bertz CT molecular complexity index is 541. The van der Waals surface area contributed by atoms with Gasteiger partial charge in [-0.25, -0.2) is 12.8 Å². The van der Waals surface area contributed by atoms with Crippen LogP contribution in [-0.2, 0) is 10.0 Å². The molecule has 0 saturated carbocycles.